The van der Waals surface area contributed by atoms with Gasteiger partial charge in [-0.1, -0.05) is 30.3 Å². The summed E-state index contributed by atoms with van der Waals surface area (Å²) in [5.41, 5.74) is 2.80. The summed E-state index contributed by atoms with van der Waals surface area (Å²) in [7, 11) is 1.71. The van der Waals surface area contributed by atoms with Crippen LogP contribution in [-0.4, -0.2) is 50.8 Å². The Labute approximate surface area is 166 Å². The lowest BCUT2D eigenvalue weighted by molar-refractivity contribution is 0.185. The number of hydrogen-bond donors (Lipinski definition) is 2. The Balaban J connectivity index is 1.75. The lowest BCUT2D eigenvalue weighted by atomic mass is 10.0. The highest BCUT2D eigenvalue weighted by Gasteiger charge is 2.25. The van der Waals surface area contributed by atoms with Gasteiger partial charge in [-0.25, -0.2) is 0 Å². The smallest absolute Gasteiger partial charge is 0.191 e. The molecule has 0 bridgehead atoms. The molecule has 1 aliphatic rings. The molecule has 0 saturated carbocycles. The van der Waals surface area contributed by atoms with Crippen LogP contribution in [0.2, 0.25) is 0 Å². The number of guanidine groups is 1. The zero-order valence-electron chi connectivity index (χ0n) is 16.3. The Bertz CT molecular complexity index is 716. The van der Waals surface area contributed by atoms with Crippen LogP contribution < -0.4 is 10.6 Å². The molecule has 2 heterocycles. The maximum Gasteiger partial charge on any atom is 0.191 e. The van der Waals surface area contributed by atoms with Gasteiger partial charge in [0.05, 0.1) is 19.2 Å². The maximum atomic E-state index is 5.13. The summed E-state index contributed by atoms with van der Waals surface area (Å²) in [6, 6.07) is 13.3. The molecule has 1 aliphatic heterocycles. The molecule has 0 radical (unpaired) electrons. The van der Waals surface area contributed by atoms with Crippen LogP contribution >= 0.6 is 11.3 Å². The molecule has 1 atom stereocenters. The molecular formula is C21H30N4OS. The molecule has 1 aromatic heterocycles. The summed E-state index contributed by atoms with van der Waals surface area (Å²) in [6.07, 6.45) is 1.13. The molecule has 0 fully saturated rings. The molecule has 1 unspecified atom stereocenters. The minimum Gasteiger partial charge on any atom is -0.383 e. The van der Waals surface area contributed by atoms with E-state index >= 15 is 0 Å². The van der Waals surface area contributed by atoms with Gasteiger partial charge in [0.25, 0.3) is 0 Å². The number of hydrogen-bond acceptors (Lipinski definition) is 4. The second kappa shape index (κ2) is 10.4. The zero-order chi connectivity index (χ0) is 18.9. The molecule has 0 saturated heterocycles. The Morgan fingerprint density at radius 2 is 2.11 bits per heavy atom. The summed E-state index contributed by atoms with van der Waals surface area (Å²) in [4.78, 5) is 8.98. The molecule has 2 N–H and O–H groups in total. The minimum absolute atomic E-state index is 0.275. The highest BCUT2D eigenvalue weighted by atomic mass is 32.1. The second-order valence-corrected chi connectivity index (χ2v) is 7.66. The van der Waals surface area contributed by atoms with Crippen LogP contribution in [0, 0.1) is 0 Å². The van der Waals surface area contributed by atoms with Crippen molar-refractivity contribution in [1.82, 2.24) is 15.5 Å². The van der Waals surface area contributed by atoms with E-state index in [2.05, 4.69) is 64.2 Å². The first-order valence-electron chi connectivity index (χ1n) is 9.67. The van der Waals surface area contributed by atoms with E-state index in [0.29, 0.717) is 6.61 Å². The quantitative estimate of drug-likeness (QED) is 0.416. The number of fused-ring (bicyclic) bond motifs is 1. The van der Waals surface area contributed by atoms with E-state index in [1.807, 2.05) is 11.3 Å². The number of nitrogens with one attached hydrogen (secondary N) is 2. The van der Waals surface area contributed by atoms with Gasteiger partial charge < -0.3 is 15.4 Å². The van der Waals surface area contributed by atoms with Crippen molar-refractivity contribution in [2.45, 2.75) is 25.9 Å². The van der Waals surface area contributed by atoms with E-state index in [-0.39, 0.29) is 6.04 Å². The van der Waals surface area contributed by atoms with E-state index in [9.17, 15) is 0 Å². The molecule has 146 valence electrons. The first-order valence-corrected chi connectivity index (χ1v) is 10.5. The van der Waals surface area contributed by atoms with Gasteiger partial charge in [0, 0.05) is 38.2 Å². The third-order valence-corrected chi connectivity index (χ3v) is 5.85. The zero-order valence-corrected chi connectivity index (χ0v) is 17.1. The Morgan fingerprint density at radius 3 is 2.89 bits per heavy atom. The fourth-order valence-electron chi connectivity index (χ4n) is 3.43. The summed E-state index contributed by atoms with van der Waals surface area (Å²) < 4.78 is 5.13. The van der Waals surface area contributed by atoms with Crippen LogP contribution in [0.5, 0.6) is 0 Å². The van der Waals surface area contributed by atoms with Gasteiger partial charge in [-0.05, 0) is 35.9 Å². The maximum absolute atomic E-state index is 5.13. The first kappa shape index (κ1) is 19.9. The number of aliphatic imine (C=N–C) groups is 1. The SMILES string of the molecule is CCNC(=NCC(c1ccccc1)N1CCc2sccc2C1)NCCOC. The monoisotopic (exact) mass is 386 g/mol. The van der Waals surface area contributed by atoms with E-state index in [4.69, 9.17) is 9.73 Å². The van der Waals surface area contributed by atoms with E-state index in [0.717, 1.165) is 45.1 Å². The summed E-state index contributed by atoms with van der Waals surface area (Å²) in [6.45, 7) is 7.16. The van der Waals surface area contributed by atoms with Crippen LogP contribution in [0.15, 0.2) is 46.8 Å². The fraction of sp³-hybridized carbons (Fsp3) is 0.476. The number of benzene rings is 1. The molecule has 2 aromatic rings. The van der Waals surface area contributed by atoms with E-state index < -0.39 is 0 Å². The number of methoxy groups -OCH3 is 1. The Morgan fingerprint density at radius 1 is 1.26 bits per heavy atom. The summed E-state index contributed by atoms with van der Waals surface area (Å²) in [5, 5.41) is 8.88. The average Bonchev–Trinajstić information content (AvgIpc) is 3.17. The van der Waals surface area contributed by atoms with Crippen LogP contribution in [0.4, 0.5) is 0 Å². The van der Waals surface area contributed by atoms with Gasteiger partial charge in [0.2, 0.25) is 0 Å². The van der Waals surface area contributed by atoms with Gasteiger partial charge in [0.15, 0.2) is 5.96 Å². The Hall–Kier alpha value is -1.89. The van der Waals surface area contributed by atoms with Crippen molar-refractivity contribution in [3.05, 3.63) is 57.8 Å². The van der Waals surface area contributed by atoms with Gasteiger partial charge in [0.1, 0.15) is 0 Å². The van der Waals surface area contributed by atoms with Gasteiger partial charge in [-0.2, -0.15) is 0 Å². The summed E-state index contributed by atoms with van der Waals surface area (Å²) >= 11 is 1.88. The van der Waals surface area contributed by atoms with Crippen molar-refractivity contribution < 1.29 is 4.74 Å². The molecule has 3 rings (SSSR count). The first-order chi connectivity index (χ1) is 13.3. The highest BCUT2D eigenvalue weighted by molar-refractivity contribution is 7.10. The average molecular weight is 387 g/mol. The standard InChI is InChI=1S/C21H30N4OS/c1-3-22-21(23-11-13-26-2)24-15-19(17-7-5-4-6-8-17)25-12-9-20-18(16-25)10-14-27-20/h4-8,10,14,19H,3,9,11-13,15-16H2,1-2H3,(H2,22,23,24). The van der Waals surface area contributed by atoms with E-state index in [1.54, 1.807) is 7.11 Å². The highest BCUT2D eigenvalue weighted by Crippen LogP contribution is 2.30. The molecule has 0 aliphatic carbocycles. The predicted molar refractivity (Wildman–Crippen MR) is 113 cm³/mol. The lowest BCUT2D eigenvalue weighted by Gasteiger charge is -2.34. The number of rotatable bonds is 8. The van der Waals surface area contributed by atoms with Crippen molar-refractivity contribution in [3.63, 3.8) is 0 Å². The van der Waals surface area contributed by atoms with E-state index in [1.165, 1.54) is 16.0 Å². The molecule has 5 nitrogen and oxygen atoms in total. The van der Waals surface area contributed by atoms with Crippen molar-refractivity contribution in [2.75, 3.05) is 39.9 Å². The Kier molecular flexibility index (Phi) is 7.68. The van der Waals surface area contributed by atoms with Gasteiger partial charge >= 0.3 is 0 Å². The van der Waals surface area contributed by atoms with Crippen LogP contribution in [0.1, 0.15) is 29.0 Å². The third kappa shape index (κ3) is 5.54. The third-order valence-electron chi connectivity index (χ3n) is 4.83. The molecule has 0 spiro atoms. The predicted octanol–water partition coefficient (Wildman–Crippen LogP) is 3.05. The topological polar surface area (TPSA) is 48.9 Å². The molecule has 27 heavy (non-hydrogen) atoms. The van der Waals surface area contributed by atoms with Crippen LogP contribution in [-0.2, 0) is 17.7 Å². The molecule has 1 aromatic carbocycles. The van der Waals surface area contributed by atoms with Gasteiger partial charge in [-0.3, -0.25) is 9.89 Å². The number of ether oxygens (including phenoxy) is 1. The van der Waals surface area contributed by atoms with Crippen molar-refractivity contribution >= 4 is 17.3 Å². The van der Waals surface area contributed by atoms with Crippen molar-refractivity contribution in [2.24, 2.45) is 4.99 Å². The fourth-order valence-corrected chi connectivity index (χ4v) is 4.32. The normalized spacial score (nSPS) is 16.0. The van der Waals surface area contributed by atoms with Crippen molar-refractivity contribution in [1.29, 1.82) is 0 Å². The van der Waals surface area contributed by atoms with Crippen LogP contribution in [0.25, 0.3) is 0 Å². The number of thiophene rings is 1. The minimum atomic E-state index is 0.275. The molecular weight excluding hydrogens is 356 g/mol. The molecule has 0 amide bonds. The largest absolute Gasteiger partial charge is 0.383 e. The summed E-state index contributed by atoms with van der Waals surface area (Å²) in [5.74, 6) is 0.851. The number of nitrogens with zero attached hydrogens (tertiary/aromatic N) is 2. The van der Waals surface area contributed by atoms with Crippen molar-refractivity contribution in [3.8, 4) is 0 Å². The second-order valence-electron chi connectivity index (χ2n) is 6.66. The lowest BCUT2D eigenvalue weighted by Crippen LogP contribution is -2.40. The van der Waals surface area contributed by atoms with Gasteiger partial charge in [-0.15, -0.1) is 11.3 Å². The molecule has 6 heteroatoms. The van der Waals surface area contributed by atoms with Crippen LogP contribution in [0.3, 0.4) is 0 Å².